The Morgan fingerprint density at radius 1 is 1.33 bits per heavy atom. The van der Waals surface area contributed by atoms with Gasteiger partial charge in [-0.3, -0.25) is 4.79 Å². The molecule has 21 heavy (non-hydrogen) atoms. The van der Waals surface area contributed by atoms with Crippen molar-refractivity contribution in [2.45, 2.75) is 53.4 Å². The molecule has 2 atom stereocenters. The molecule has 1 aliphatic rings. The maximum atomic E-state index is 12.6. The summed E-state index contributed by atoms with van der Waals surface area (Å²) >= 11 is 0. The quantitative estimate of drug-likeness (QED) is 0.786. The summed E-state index contributed by atoms with van der Waals surface area (Å²) in [6.07, 6.45) is 3.09. The summed E-state index contributed by atoms with van der Waals surface area (Å²) in [5, 5.41) is 9.52. The lowest BCUT2D eigenvalue weighted by Gasteiger charge is -2.30. The van der Waals surface area contributed by atoms with Gasteiger partial charge in [0.15, 0.2) is 0 Å². The summed E-state index contributed by atoms with van der Waals surface area (Å²) in [6.45, 7) is 10.6. The van der Waals surface area contributed by atoms with E-state index in [-0.39, 0.29) is 6.03 Å². The fourth-order valence-electron chi connectivity index (χ4n) is 3.05. The third-order valence-electron chi connectivity index (χ3n) is 4.69. The van der Waals surface area contributed by atoms with Crippen molar-refractivity contribution in [1.82, 2.24) is 9.80 Å². The van der Waals surface area contributed by atoms with Crippen LogP contribution in [-0.2, 0) is 4.79 Å². The number of rotatable bonds is 7. The van der Waals surface area contributed by atoms with Crippen molar-refractivity contribution in [3.8, 4) is 0 Å². The molecular formula is C16H30N2O3. The van der Waals surface area contributed by atoms with Crippen LogP contribution >= 0.6 is 0 Å². The van der Waals surface area contributed by atoms with Gasteiger partial charge in [-0.1, -0.05) is 33.6 Å². The number of carbonyl (C=O) groups is 2. The summed E-state index contributed by atoms with van der Waals surface area (Å²) in [5.41, 5.74) is -0.736. The molecule has 0 aromatic carbocycles. The second-order valence-electron chi connectivity index (χ2n) is 6.34. The van der Waals surface area contributed by atoms with Crippen LogP contribution < -0.4 is 0 Å². The van der Waals surface area contributed by atoms with E-state index in [1.54, 1.807) is 4.90 Å². The molecule has 1 heterocycles. The monoisotopic (exact) mass is 298 g/mol. The Balaban J connectivity index is 2.73. The Hall–Kier alpha value is -1.26. The van der Waals surface area contributed by atoms with Crippen molar-refractivity contribution < 1.29 is 14.7 Å². The largest absolute Gasteiger partial charge is 0.481 e. The number of hydrogen-bond donors (Lipinski definition) is 1. The number of carboxylic acid groups (broad SMARTS) is 1. The topological polar surface area (TPSA) is 60.9 Å². The highest BCUT2D eigenvalue weighted by Gasteiger charge is 2.46. The minimum absolute atomic E-state index is 0.00275. The highest BCUT2D eigenvalue weighted by Crippen LogP contribution is 2.36. The average molecular weight is 298 g/mol. The lowest BCUT2D eigenvalue weighted by atomic mass is 9.83. The minimum Gasteiger partial charge on any atom is -0.481 e. The molecule has 0 spiro atoms. The van der Waals surface area contributed by atoms with Gasteiger partial charge in [0.05, 0.1) is 5.41 Å². The van der Waals surface area contributed by atoms with Crippen LogP contribution in [0.25, 0.3) is 0 Å². The highest BCUT2D eigenvalue weighted by atomic mass is 16.4. The number of likely N-dealkylation sites (tertiary alicyclic amines) is 1. The van der Waals surface area contributed by atoms with Crippen molar-refractivity contribution in [2.75, 3.05) is 26.2 Å². The molecule has 2 amide bonds. The van der Waals surface area contributed by atoms with Gasteiger partial charge in [0.1, 0.15) is 0 Å². The van der Waals surface area contributed by atoms with Crippen LogP contribution in [0, 0.1) is 11.3 Å². The Bertz CT molecular complexity index is 373. The smallest absolute Gasteiger partial charge is 0.320 e. The molecule has 0 aliphatic carbocycles. The molecule has 1 fully saturated rings. The molecule has 1 saturated heterocycles. The van der Waals surface area contributed by atoms with Crippen molar-refractivity contribution in [2.24, 2.45) is 11.3 Å². The van der Waals surface area contributed by atoms with Gasteiger partial charge >= 0.3 is 12.0 Å². The Labute approximate surface area is 128 Å². The van der Waals surface area contributed by atoms with E-state index < -0.39 is 11.4 Å². The van der Waals surface area contributed by atoms with Crippen LogP contribution in [0.4, 0.5) is 4.79 Å². The van der Waals surface area contributed by atoms with E-state index in [0.717, 1.165) is 19.4 Å². The van der Waals surface area contributed by atoms with Crippen molar-refractivity contribution in [3.63, 3.8) is 0 Å². The second-order valence-corrected chi connectivity index (χ2v) is 6.34. The van der Waals surface area contributed by atoms with Crippen LogP contribution in [0.2, 0.25) is 0 Å². The molecule has 1 aliphatic heterocycles. The van der Waals surface area contributed by atoms with Gasteiger partial charge < -0.3 is 14.9 Å². The fraction of sp³-hybridized carbons (Fsp3) is 0.875. The molecule has 1 rings (SSSR count). The molecule has 5 nitrogen and oxygen atoms in total. The maximum Gasteiger partial charge on any atom is 0.320 e. The lowest BCUT2D eigenvalue weighted by molar-refractivity contribution is -0.148. The molecule has 0 bridgehead atoms. The van der Waals surface area contributed by atoms with E-state index in [1.807, 2.05) is 18.7 Å². The first-order chi connectivity index (χ1) is 9.90. The maximum absolute atomic E-state index is 12.6. The van der Waals surface area contributed by atoms with Crippen LogP contribution in [-0.4, -0.2) is 53.1 Å². The van der Waals surface area contributed by atoms with Crippen molar-refractivity contribution >= 4 is 12.0 Å². The number of hydrogen-bond acceptors (Lipinski definition) is 2. The van der Waals surface area contributed by atoms with Gasteiger partial charge in [0.25, 0.3) is 0 Å². The predicted octanol–water partition coefficient (Wildman–Crippen LogP) is 3.05. The van der Waals surface area contributed by atoms with E-state index in [1.165, 1.54) is 0 Å². The first-order valence-corrected chi connectivity index (χ1v) is 8.17. The highest BCUT2D eigenvalue weighted by molar-refractivity contribution is 5.79. The molecule has 5 heteroatoms. The molecule has 1 N–H and O–H groups in total. The summed E-state index contributed by atoms with van der Waals surface area (Å²) < 4.78 is 0. The number of carbonyl (C=O) groups excluding carboxylic acids is 1. The molecule has 2 unspecified atom stereocenters. The summed E-state index contributed by atoms with van der Waals surface area (Å²) in [7, 11) is 0. The van der Waals surface area contributed by atoms with Gasteiger partial charge in [-0.2, -0.15) is 0 Å². The first-order valence-electron chi connectivity index (χ1n) is 8.17. The Morgan fingerprint density at radius 3 is 2.48 bits per heavy atom. The lowest BCUT2D eigenvalue weighted by Crippen LogP contribution is -2.45. The van der Waals surface area contributed by atoms with Crippen LogP contribution in [0.5, 0.6) is 0 Å². The SMILES string of the molecule is CCCC1(C(=O)O)CCN(C(=O)N(CC)CC(C)CC)C1. The predicted molar refractivity (Wildman–Crippen MR) is 83.3 cm³/mol. The fourth-order valence-corrected chi connectivity index (χ4v) is 3.05. The number of urea groups is 1. The number of nitrogens with zero attached hydrogens (tertiary/aromatic N) is 2. The molecule has 0 aromatic heterocycles. The van der Waals surface area contributed by atoms with E-state index in [0.29, 0.717) is 38.4 Å². The molecular weight excluding hydrogens is 268 g/mol. The third-order valence-corrected chi connectivity index (χ3v) is 4.69. The van der Waals surface area contributed by atoms with Crippen LogP contribution in [0.15, 0.2) is 0 Å². The van der Waals surface area contributed by atoms with Crippen LogP contribution in [0.3, 0.4) is 0 Å². The van der Waals surface area contributed by atoms with Crippen molar-refractivity contribution in [1.29, 1.82) is 0 Å². The summed E-state index contributed by atoms with van der Waals surface area (Å²) in [6, 6.07) is -0.00275. The number of aliphatic carboxylic acids is 1. The zero-order chi connectivity index (χ0) is 16.0. The van der Waals surface area contributed by atoms with Gasteiger partial charge in [-0.15, -0.1) is 0 Å². The van der Waals surface area contributed by atoms with E-state index in [4.69, 9.17) is 0 Å². The normalized spacial score (nSPS) is 23.1. The first kappa shape index (κ1) is 17.8. The van der Waals surface area contributed by atoms with E-state index >= 15 is 0 Å². The zero-order valence-electron chi connectivity index (χ0n) is 13.9. The Kier molecular flexibility index (Phi) is 6.49. The van der Waals surface area contributed by atoms with Gasteiger partial charge in [0.2, 0.25) is 0 Å². The van der Waals surface area contributed by atoms with Crippen molar-refractivity contribution in [3.05, 3.63) is 0 Å². The molecule has 0 aromatic rings. The van der Waals surface area contributed by atoms with Gasteiger partial charge in [-0.25, -0.2) is 4.79 Å². The van der Waals surface area contributed by atoms with Gasteiger partial charge in [-0.05, 0) is 25.7 Å². The molecule has 0 radical (unpaired) electrons. The summed E-state index contributed by atoms with van der Waals surface area (Å²) in [4.78, 5) is 27.8. The second kappa shape index (κ2) is 7.66. The van der Waals surface area contributed by atoms with Gasteiger partial charge in [0, 0.05) is 26.2 Å². The zero-order valence-corrected chi connectivity index (χ0v) is 13.9. The Morgan fingerprint density at radius 2 is 2.00 bits per heavy atom. The third kappa shape index (κ3) is 4.11. The van der Waals surface area contributed by atoms with E-state index in [9.17, 15) is 14.7 Å². The minimum atomic E-state index is -0.760. The average Bonchev–Trinajstić information content (AvgIpc) is 2.89. The molecule has 122 valence electrons. The number of amides is 2. The van der Waals surface area contributed by atoms with Crippen LogP contribution in [0.1, 0.15) is 53.4 Å². The number of carboxylic acids is 1. The standard InChI is InChI=1S/C16H30N2O3/c1-5-8-16(14(19)20)9-10-18(12-16)15(21)17(7-3)11-13(4)6-2/h13H,5-12H2,1-4H3,(H,19,20). The summed E-state index contributed by atoms with van der Waals surface area (Å²) in [5.74, 6) is -0.291. The van der Waals surface area contributed by atoms with E-state index in [2.05, 4.69) is 13.8 Å². The molecule has 0 saturated carbocycles.